The minimum absolute atomic E-state index is 0.166. The zero-order valence-electron chi connectivity index (χ0n) is 22.1. The highest BCUT2D eigenvalue weighted by atomic mass is 16.5. The molecule has 0 radical (unpaired) electrons. The van der Waals surface area contributed by atoms with E-state index in [4.69, 9.17) is 4.74 Å². The maximum absolute atomic E-state index is 11.3. The lowest BCUT2D eigenvalue weighted by molar-refractivity contribution is -0.104. The molecule has 0 fully saturated rings. The van der Waals surface area contributed by atoms with E-state index in [0.717, 1.165) is 32.2 Å². The lowest BCUT2D eigenvalue weighted by Gasteiger charge is -2.27. The Morgan fingerprint density at radius 2 is 1.31 bits per heavy atom. The van der Waals surface area contributed by atoms with E-state index in [0.29, 0.717) is 6.61 Å². The van der Waals surface area contributed by atoms with Crippen molar-refractivity contribution in [3.63, 3.8) is 0 Å². The standard InChI is InChI=1S/C32H40N2O2/c1-33(2)30-19-15-28(16-20-30)32(29-17-21-31(22-18-29)34(3)4)27(14-10-23-35)13-8-9-24-36-25-26-11-6-5-7-12-26/h5-7,10-12,14-23,27,32H,8-9,13,24-25H2,1-4H3/b14-10+/t27-/m1/s1. The van der Waals surface area contributed by atoms with Gasteiger partial charge in [0.1, 0.15) is 6.29 Å². The number of unbranched alkanes of at least 4 members (excludes halogenated alkanes) is 1. The fourth-order valence-electron chi connectivity index (χ4n) is 4.56. The lowest BCUT2D eigenvalue weighted by atomic mass is 9.78. The smallest absolute Gasteiger partial charge is 0.142 e. The van der Waals surface area contributed by atoms with Crippen LogP contribution in [0.1, 0.15) is 41.9 Å². The van der Waals surface area contributed by atoms with Gasteiger partial charge in [-0.25, -0.2) is 0 Å². The number of rotatable bonds is 14. The van der Waals surface area contributed by atoms with E-state index in [-0.39, 0.29) is 11.8 Å². The third-order valence-corrected chi connectivity index (χ3v) is 6.59. The molecule has 0 saturated carbocycles. The number of aldehydes is 1. The third kappa shape index (κ3) is 8.10. The van der Waals surface area contributed by atoms with E-state index < -0.39 is 0 Å². The summed E-state index contributed by atoms with van der Waals surface area (Å²) in [5, 5.41) is 0. The van der Waals surface area contributed by atoms with Crippen molar-refractivity contribution < 1.29 is 9.53 Å². The summed E-state index contributed by atoms with van der Waals surface area (Å²) < 4.78 is 5.90. The Bertz CT molecular complexity index is 1010. The van der Waals surface area contributed by atoms with Gasteiger partial charge in [0, 0.05) is 52.1 Å². The second-order valence-corrected chi connectivity index (χ2v) is 9.67. The van der Waals surface area contributed by atoms with Crippen LogP contribution >= 0.6 is 0 Å². The quantitative estimate of drug-likeness (QED) is 0.145. The number of hydrogen-bond acceptors (Lipinski definition) is 4. The molecular weight excluding hydrogens is 444 g/mol. The van der Waals surface area contributed by atoms with E-state index in [2.05, 4.69) is 105 Å². The van der Waals surface area contributed by atoms with E-state index in [1.165, 1.54) is 28.1 Å². The topological polar surface area (TPSA) is 32.8 Å². The van der Waals surface area contributed by atoms with Crippen LogP contribution in [0.4, 0.5) is 11.4 Å². The van der Waals surface area contributed by atoms with Gasteiger partial charge in [-0.1, -0.05) is 67.1 Å². The number of carbonyl (C=O) groups excluding carboxylic acids is 1. The average Bonchev–Trinajstić information content (AvgIpc) is 2.90. The molecule has 0 aliphatic rings. The highest BCUT2D eigenvalue weighted by Crippen LogP contribution is 2.37. The summed E-state index contributed by atoms with van der Waals surface area (Å²) >= 11 is 0. The lowest BCUT2D eigenvalue weighted by Crippen LogP contribution is -2.15. The predicted octanol–water partition coefficient (Wildman–Crippen LogP) is 6.71. The van der Waals surface area contributed by atoms with Crippen LogP contribution in [0.5, 0.6) is 0 Å². The van der Waals surface area contributed by atoms with Crippen molar-refractivity contribution in [2.24, 2.45) is 5.92 Å². The maximum atomic E-state index is 11.3. The van der Waals surface area contributed by atoms with Crippen molar-refractivity contribution >= 4 is 17.7 Å². The van der Waals surface area contributed by atoms with Crippen molar-refractivity contribution in [3.8, 4) is 0 Å². The maximum Gasteiger partial charge on any atom is 0.142 e. The summed E-state index contributed by atoms with van der Waals surface area (Å²) in [5.41, 5.74) is 6.08. The molecule has 0 aromatic heterocycles. The van der Waals surface area contributed by atoms with Crippen LogP contribution in [0.25, 0.3) is 0 Å². The van der Waals surface area contributed by atoms with Crippen LogP contribution in [-0.4, -0.2) is 41.1 Å². The van der Waals surface area contributed by atoms with E-state index in [9.17, 15) is 4.79 Å². The molecule has 3 aromatic carbocycles. The van der Waals surface area contributed by atoms with Gasteiger partial charge < -0.3 is 14.5 Å². The first-order chi connectivity index (χ1) is 17.5. The van der Waals surface area contributed by atoms with Crippen LogP contribution in [0, 0.1) is 5.92 Å². The summed E-state index contributed by atoms with van der Waals surface area (Å²) in [6, 6.07) is 27.9. The number of allylic oxidation sites excluding steroid dienone is 2. The average molecular weight is 485 g/mol. The van der Waals surface area contributed by atoms with Crippen LogP contribution < -0.4 is 9.80 Å². The molecule has 190 valence electrons. The van der Waals surface area contributed by atoms with Crippen molar-refractivity contribution in [3.05, 3.63) is 108 Å². The number of hydrogen-bond donors (Lipinski definition) is 0. The van der Waals surface area contributed by atoms with Crippen molar-refractivity contribution in [2.45, 2.75) is 31.8 Å². The molecule has 0 spiro atoms. The summed E-state index contributed by atoms with van der Waals surface area (Å²) in [4.78, 5) is 15.5. The molecule has 0 heterocycles. The molecule has 36 heavy (non-hydrogen) atoms. The van der Waals surface area contributed by atoms with Gasteiger partial charge >= 0.3 is 0 Å². The molecule has 4 heteroatoms. The van der Waals surface area contributed by atoms with Crippen LogP contribution in [0.15, 0.2) is 91.0 Å². The summed E-state index contributed by atoms with van der Waals surface area (Å²) in [6.45, 7) is 1.38. The van der Waals surface area contributed by atoms with Crippen molar-refractivity contribution in [1.29, 1.82) is 0 Å². The van der Waals surface area contributed by atoms with E-state index in [1.54, 1.807) is 6.08 Å². The second-order valence-electron chi connectivity index (χ2n) is 9.67. The molecule has 3 rings (SSSR count). The number of nitrogens with zero attached hydrogens (tertiary/aromatic N) is 2. The largest absolute Gasteiger partial charge is 0.378 e. The highest BCUT2D eigenvalue weighted by molar-refractivity contribution is 5.64. The molecule has 4 nitrogen and oxygen atoms in total. The van der Waals surface area contributed by atoms with E-state index >= 15 is 0 Å². The zero-order valence-corrected chi connectivity index (χ0v) is 22.1. The van der Waals surface area contributed by atoms with Gasteiger partial charge in [-0.05, 0) is 65.8 Å². The van der Waals surface area contributed by atoms with Crippen LogP contribution in [-0.2, 0) is 16.1 Å². The molecular formula is C32H40N2O2. The molecule has 0 aliphatic carbocycles. The minimum Gasteiger partial charge on any atom is -0.378 e. The Morgan fingerprint density at radius 3 is 1.81 bits per heavy atom. The van der Waals surface area contributed by atoms with Crippen molar-refractivity contribution in [2.75, 3.05) is 44.6 Å². The van der Waals surface area contributed by atoms with Crippen LogP contribution in [0.2, 0.25) is 0 Å². The Labute approximate surface area is 217 Å². The van der Waals surface area contributed by atoms with Gasteiger partial charge in [0.05, 0.1) is 6.61 Å². The summed E-state index contributed by atoms with van der Waals surface area (Å²) in [7, 11) is 8.23. The Hall–Kier alpha value is -3.37. The molecule has 0 unspecified atom stereocenters. The highest BCUT2D eigenvalue weighted by Gasteiger charge is 2.23. The normalized spacial score (nSPS) is 12.1. The first-order valence-corrected chi connectivity index (χ1v) is 12.8. The minimum atomic E-state index is 0.166. The van der Waals surface area contributed by atoms with Gasteiger partial charge in [-0.3, -0.25) is 4.79 Å². The summed E-state index contributed by atoms with van der Waals surface area (Å²) in [6.07, 6.45) is 7.63. The fraction of sp³-hybridized carbons (Fsp3) is 0.344. The van der Waals surface area contributed by atoms with Gasteiger partial charge in [0.15, 0.2) is 0 Å². The molecule has 0 N–H and O–H groups in total. The van der Waals surface area contributed by atoms with Gasteiger partial charge in [0.25, 0.3) is 0 Å². The SMILES string of the molecule is CN(C)c1ccc(C(c2ccc(N(C)C)cc2)[C@@H](/C=C/C=O)CCCCOCc2ccccc2)cc1. The van der Waals surface area contributed by atoms with Gasteiger partial charge in [-0.15, -0.1) is 0 Å². The molecule has 0 saturated heterocycles. The third-order valence-electron chi connectivity index (χ3n) is 6.59. The fourth-order valence-corrected chi connectivity index (χ4v) is 4.56. The molecule has 0 bridgehead atoms. The van der Waals surface area contributed by atoms with Gasteiger partial charge in [-0.2, -0.15) is 0 Å². The van der Waals surface area contributed by atoms with Gasteiger partial charge in [0.2, 0.25) is 0 Å². The Morgan fingerprint density at radius 1 is 0.750 bits per heavy atom. The second kappa shape index (κ2) is 14.3. The predicted molar refractivity (Wildman–Crippen MR) is 152 cm³/mol. The monoisotopic (exact) mass is 484 g/mol. The van der Waals surface area contributed by atoms with Crippen LogP contribution in [0.3, 0.4) is 0 Å². The number of anilines is 2. The number of carbonyl (C=O) groups is 1. The van der Waals surface area contributed by atoms with E-state index in [1.807, 2.05) is 18.2 Å². The Kier molecular flexibility index (Phi) is 10.8. The molecule has 0 aliphatic heterocycles. The first-order valence-electron chi connectivity index (χ1n) is 12.8. The van der Waals surface area contributed by atoms with Crippen molar-refractivity contribution in [1.82, 2.24) is 0 Å². The Balaban J connectivity index is 1.75. The molecule has 3 aromatic rings. The molecule has 1 atom stereocenters. The summed E-state index contributed by atoms with van der Waals surface area (Å²) in [5.74, 6) is 0.374. The number of benzene rings is 3. The zero-order chi connectivity index (χ0) is 25.8. The first kappa shape index (κ1) is 27.2. The number of ether oxygens (including phenoxy) is 1. The molecule has 0 amide bonds.